The Balaban J connectivity index is 1.74. The summed E-state index contributed by atoms with van der Waals surface area (Å²) in [4.78, 5) is 17.1. The van der Waals surface area contributed by atoms with Crippen LogP contribution in [0.4, 0.5) is 4.39 Å². The zero-order valence-electron chi connectivity index (χ0n) is 14.1. The van der Waals surface area contributed by atoms with Crippen molar-refractivity contribution in [2.24, 2.45) is 21.7 Å². The Hall–Kier alpha value is -1.75. The number of benzene rings is 1. The highest BCUT2D eigenvalue weighted by Crippen LogP contribution is 2.65. The minimum absolute atomic E-state index is 0.00534. The molecule has 5 heteroatoms. The fourth-order valence-corrected chi connectivity index (χ4v) is 4.85. The standard InChI is InChI=1S/C19H22FNO3/c1-18(2)11-8-9-19(18,3)16-13(11)21-14(17(23)24-16)15(22)10-6-4-5-7-12(10)20/h4-7,11,14-16,22H,8-9H2,1-3H3/t11-,14-,15+,16-,19+/m1/s1. The lowest BCUT2D eigenvalue weighted by Crippen LogP contribution is -2.48. The van der Waals surface area contributed by atoms with Crippen LogP contribution in [0.1, 0.15) is 45.3 Å². The molecule has 3 aliphatic rings. The molecular weight excluding hydrogens is 309 g/mol. The summed E-state index contributed by atoms with van der Waals surface area (Å²) in [6.45, 7) is 6.55. The van der Waals surface area contributed by atoms with Crippen LogP contribution >= 0.6 is 0 Å². The Bertz CT molecular complexity index is 744. The second kappa shape index (κ2) is 4.88. The Kier molecular flexibility index (Phi) is 3.21. The molecule has 2 bridgehead atoms. The highest BCUT2D eigenvalue weighted by atomic mass is 19.1. The molecule has 0 amide bonds. The summed E-state index contributed by atoms with van der Waals surface area (Å²) >= 11 is 0. The number of nitrogens with zero attached hydrogens (tertiary/aromatic N) is 1. The summed E-state index contributed by atoms with van der Waals surface area (Å²) in [6, 6.07) is 4.84. The van der Waals surface area contributed by atoms with E-state index in [0.717, 1.165) is 18.6 Å². The number of aliphatic hydroxyl groups excluding tert-OH is 1. The molecule has 4 rings (SSSR count). The van der Waals surface area contributed by atoms with Crippen LogP contribution in [-0.2, 0) is 9.53 Å². The van der Waals surface area contributed by atoms with Gasteiger partial charge in [-0.3, -0.25) is 4.99 Å². The summed E-state index contributed by atoms with van der Waals surface area (Å²) < 4.78 is 19.7. The van der Waals surface area contributed by atoms with E-state index in [4.69, 9.17) is 4.74 Å². The number of halogens is 1. The highest BCUT2D eigenvalue weighted by molar-refractivity contribution is 6.01. The third-order valence-corrected chi connectivity index (χ3v) is 6.79. The molecule has 2 fully saturated rings. The van der Waals surface area contributed by atoms with E-state index in [9.17, 15) is 14.3 Å². The van der Waals surface area contributed by atoms with Crippen molar-refractivity contribution >= 4 is 11.7 Å². The lowest BCUT2D eigenvalue weighted by molar-refractivity contribution is -0.158. The molecule has 0 radical (unpaired) electrons. The van der Waals surface area contributed by atoms with Gasteiger partial charge in [-0.15, -0.1) is 0 Å². The number of aliphatic imine (C=N–C) groups is 1. The average molecular weight is 331 g/mol. The first-order chi connectivity index (χ1) is 11.3. The maximum Gasteiger partial charge on any atom is 0.334 e. The van der Waals surface area contributed by atoms with Gasteiger partial charge in [-0.1, -0.05) is 39.0 Å². The predicted octanol–water partition coefficient (Wildman–Crippen LogP) is 3.05. The van der Waals surface area contributed by atoms with Gasteiger partial charge in [-0.2, -0.15) is 0 Å². The van der Waals surface area contributed by atoms with Gasteiger partial charge in [0.2, 0.25) is 0 Å². The number of hydrogen-bond acceptors (Lipinski definition) is 4. The Morgan fingerprint density at radius 1 is 1.33 bits per heavy atom. The summed E-state index contributed by atoms with van der Waals surface area (Å²) in [5.41, 5.74) is 0.818. The number of fused-ring (bicyclic) bond motifs is 5. The quantitative estimate of drug-likeness (QED) is 0.848. The maximum atomic E-state index is 14.0. The zero-order valence-corrected chi connectivity index (χ0v) is 14.1. The fourth-order valence-electron chi connectivity index (χ4n) is 4.85. The molecule has 0 aromatic heterocycles. The van der Waals surface area contributed by atoms with Gasteiger partial charge in [-0.25, -0.2) is 9.18 Å². The van der Waals surface area contributed by atoms with E-state index >= 15 is 0 Å². The molecule has 128 valence electrons. The molecule has 1 aliphatic heterocycles. The van der Waals surface area contributed by atoms with E-state index in [1.165, 1.54) is 12.1 Å². The Morgan fingerprint density at radius 2 is 2.04 bits per heavy atom. The van der Waals surface area contributed by atoms with E-state index in [-0.39, 0.29) is 28.4 Å². The second-order valence-corrected chi connectivity index (χ2v) is 8.01. The largest absolute Gasteiger partial charge is 0.454 e. The number of carbonyl (C=O) groups is 1. The lowest BCUT2D eigenvalue weighted by atomic mass is 9.70. The fraction of sp³-hybridized carbons (Fsp3) is 0.579. The van der Waals surface area contributed by atoms with Gasteiger partial charge in [0.25, 0.3) is 0 Å². The van der Waals surface area contributed by atoms with E-state index in [1.54, 1.807) is 12.1 Å². The predicted molar refractivity (Wildman–Crippen MR) is 87.1 cm³/mol. The SMILES string of the molecule is CC1(C)[C@@H]2CC[C@@]1(C)[C@@H]1OC(=O)[C@@H]([C@@H](O)c3ccccc3F)N=C21. The monoisotopic (exact) mass is 331 g/mol. The molecule has 24 heavy (non-hydrogen) atoms. The van der Waals surface area contributed by atoms with Crippen molar-refractivity contribution in [3.05, 3.63) is 35.6 Å². The van der Waals surface area contributed by atoms with Crippen LogP contribution in [0, 0.1) is 22.6 Å². The van der Waals surface area contributed by atoms with E-state index in [0.29, 0.717) is 0 Å². The van der Waals surface area contributed by atoms with E-state index < -0.39 is 23.9 Å². The Labute approximate surface area is 140 Å². The van der Waals surface area contributed by atoms with Crippen molar-refractivity contribution < 1.29 is 19.0 Å². The van der Waals surface area contributed by atoms with Gasteiger partial charge in [0.05, 0.1) is 5.71 Å². The highest BCUT2D eigenvalue weighted by Gasteiger charge is 2.67. The minimum Gasteiger partial charge on any atom is -0.454 e. The normalized spacial score (nSPS) is 37.6. The van der Waals surface area contributed by atoms with Gasteiger partial charge in [0.15, 0.2) is 6.04 Å². The van der Waals surface area contributed by atoms with Gasteiger partial charge in [-0.05, 0) is 24.3 Å². The van der Waals surface area contributed by atoms with Gasteiger partial charge in [0.1, 0.15) is 18.0 Å². The molecule has 5 atom stereocenters. The molecule has 1 aromatic carbocycles. The van der Waals surface area contributed by atoms with Crippen molar-refractivity contribution in [2.45, 2.75) is 51.9 Å². The number of carbonyl (C=O) groups excluding carboxylic acids is 1. The number of hydrogen-bond donors (Lipinski definition) is 1. The minimum atomic E-state index is -1.33. The summed E-state index contributed by atoms with van der Waals surface area (Å²) in [5, 5.41) is 10.5. The third-order valence-electron chi connectivity index (χ3n) is 6.79. The summed E-state index contributed by atoms with van der Waals surface area (Å²) in [7, 11) is 0. The number of aliphatic hydroxyl groups is 1. The van der Waals surface area contributed by atoms with Crippen LogP contribution in [0.25, 0.3) is 0 Å². The lowest BCUT2D eigenvalue weighted by Gasteiger charge is -2.39. The molecular formula is C19H22FNO3. The van der Waals surface area contributed by atoms with Gasteiger partial charge in [0, 0.05) is 16.9 Å². The average Bonchev–Trinajstić information content (AvgIpc) is 2.86. The first kappa shape index (κ1) is 15.8. The smallest absolute Gasteiger partial charge is 0.334 e. The van der Waals surface area contributed by atoms with Gasteiger partial charge >= 0.3 is 5.97 Å². The summed E-state index contributed by atoms with van der Waals surface area (Å²) in [5.74, 6) is -0.861. The van der Waals surface area contributed by atoms with Gasteiger partial charge < -0.3 is 9.84 Å². The van der Waals surface area contributed by atoms with Crippen molar-refractivity contribution in [2.75, 3.05) is 0 Å². The van der Waals surface area contributed by atoms with Crippen molar-refractivity contribution in [3.63, 3.8) is 0 Å². The zero-order chi connectivity index (χ0) is 17.3. The molecule has 2 saturated carbocycles. The van der Waals surface area contributed by atoms with Crippen molar-refractivity contribution in [1.29, 1.82) is 0 Å². The second-order valence-electron chi connectivity index (χ2n) is 8.01. The van der Waals surface area contributed by atoms with Crippen LogP contribution in [-0.4, -0.2) is 28.9 Å². The first-order valence-corrected chi connectivity index (χ1v) is 8.48. The molecule has 4 nitrogen and oxygen atoms in total. The molecule has 1 heterocycles. The third kappa shape index (κ3) is 1.82. The molecule has 2 aliphatic carbocycles. The van der Waals surface area contributed by atoms with Crippen molar-refractivity contribution in [3.8, 4) is 0 Å². The van der Waals surface area contributed by atoms with E-state index in [2.05, 4.69) is 25.8 Å². The molecule has 0 saturated heterocycles. The number of ether oxygens (including phenoxy) is 1. The van der Waals surface area contributed by atoms with Crippen LogP contribution in [0.15, 0.2) is 29.3 Å². The number of rotatable bonds is 2. The van der Waals surface area contributed by atoms with Crippen LogP contribution < -0.4 is 0 Å². The van der Waals surface area contributed by atoms with Crippen LogP contribution in [0.2, 0.25) is 0 Å². The summed E-state index contributed by atoms with van der Waals surface area (Å²) in [6.07, 6.45) is 0.367. The van der Waals surface area contributed by atoms with E-state index in [1.807, 2.05) is 0 Å². The van der Waals surface area contributed by atoms with Crippen LogP contribution in [0.5, 0.6) is 0 Å². The first-order valence-electron chi connectivity index (χ1n) is 8.48. The number of esters is 1. The Morgan fingerprint density at radius 3 is 2.75 bits per heavy atom. The molecule has 0 unspecified atom stereocenters. The molecule has 1 N–H and O–H groups in total. The molecule has 0 spiro atoms. The van der Waals surface area contributed by atoms with Crippen molar-refractivity contribution in [1.82, 2.24) is 0 Å². The maximum absolute atomic E-state index is 14.0. The topological polar surface area (TPSA) is 58.9 Å². The van der Waals surface area contributed by atoms with Crippen LogP contribution in [0.3, 0.4) is 0 Å². The molecule has 1 aromatic rings.